The number of hydrogen-bond acceptors (Lipinski definition) is 4. The minimum Gasteiger partial charge on any atom is -0.455 e. The first-order valence-electron chi connectivity index (χ1n) is 10.4. The van der Waals surface area contributed by atoms with Crippen molar-refractivity contribution in [2.24, 2.45) is 0 Å². The average molecular weight is 479 g/mol. The van der Waals surface area contributed by atoms with Gasteiger partial charge in [-0.15, -0.1) is 0 Å². The number of esters is 2. The van der Waals surface area contributed by atoms with Crippen molar-refractivity contribution in [2.45, 2.75) is 37.9 Å². The summed E-state index contributed by atoms with van der Waals surface area (Å²) in [6.45, 7) is 0. The number of ether oxygens (including phenoxy) is 2. The van der Waals surface area contributed by atoms with Gasteiger partial charge in [0, 0.05) is 4.47 Å². The van der Waals surface area contributed by atoms with Crippen molar-refractivity contribution in [3.63, 3.8) is 0 Å². The van der Waals surface area contributed by atoms with Gasteiger partial charge in [0.1, 0.15) is 12.2 Å². The Hall–Kier alpha value is -2.92. The molecule has 4 rings (SSSR count). The number of carbonyl (C=O) groups is 2. The molecule has 0 N–H and O–H groups in total. The van der Waals surface area contributed by atoms with Gasteiger partial charge in [0.2, 0.25) is 0 Å². The molecule has 0 bridgehead atoms. The Bertz CT molecular complexity index is 1030. The fourth-order valence-electron chi connectivity index (χ4n) is 3.76. The molecule has 0 saturated heterocycles. The highest BCUT2D eigenvalue weighted by molar-refractivity contribution is 9.10. The molecule has 158 valence electrons. The van der Waals surface area contributed by atoms with Gasteiger partial charge in [0.25, 0.3) is 0 Å². The van der Waals surface area contributed by atoms with E-state index >= 15 is 0 Å². The van der Waals surface area contributed by atoms with Crippen LogP contribution in [0.5, 0.6) is 0 Å². The Labute approximate surface area is 190 Å². The second-order valence-electron chi connectivity index (χ2n) is 7.62. The second kappa shape index (κ2) is 9.92. The third-order valence-corrected chi connectivity index (χ3v) is 6.00. The second-order valence-corrected chi connectivity index (χ2v) is 8.54. The number of halogens is 1. The van der Waals surface area contributed by atoms with Crippen LogP contribution in [0.2, 0.25) is 0 Å². The monoisotopic (exact) mass is 478 g/mol. The third kappa shape index (κ3) is 5.42. The van der Waals surface area contributed by atoms with Gasteiger partial charge in [-0.25, -0.2) is 9.59 Å². The Balaban J connectivity index is 1.41. The summed E-state index contributed by atoms with van der Waals surface area (Å²) in [6.07, 6.45) is 2.39. The van der Waals surface area contributed by atoms with Crippen molar-refractivity contribution in [1.82, 2.24) is 0 Å². The van der Waals surface area contributed by atoms with Crippen LogP contribution in [-0.2, 0) is 9.47 Å². The van der Waals surface area contributed by atoms with Crippen molar-refractivity contribution in [3.05, 3.63) is 94.5 Å². The van der Waals surface area contributed by atoms with Gasteiger partial charge in [-0.3, -0.25) is 0 Å². The van der Waals surface area contributed by atoms with Crippen LogP contribution in [0.25, 0.3) is 11.1 Å². The number of hydrogen-bond donors (Lipinski definition) is 0. The van der Waals surface area contributed by atoms with Gasteiger partial charge in [0.05, 0.1) is 11.1 Å². The smallest absolute Gasteiger partial charge is 0.338 e. The largest absolute Gasteiger partial charge is 0.455 e. The van der Waals surface area contributed by atoms with E-state index in [-0.39, 0.29) is 0 Å². The molecule has 1 fully saturated rings. The molecule has 0 aliphatic heterocycles. The fourth-order valence-corrected chi connectivity index (χ4v) is 4.02. The Morgan fingerprint density at radius 1 is 0.645 bits per heavy atom. The molecule has 0 spiro atoms. The molecule has 4 nitrogen and oxygen atoms in total. The SMILES string of the molecule is O=C(O[C@H]1CCCC[C@@H]1OC(=O)c1ccc(-c2ccccc2)cc1)c1ccc(Br)cc1. The molecule has 0 amide bonds. The molecule has 31 heavy (non-hydrogen) atoms. The Morgan fingerprint density at radius 3 is 1.61 bits per heavy atom. The minimum atomic E-state index is -0.436. The van der Waals surface area contributed by atoms with Gasteiger partial charge in [-0.2, -0.15) is 0 Å². The lowest BCUT2D eigenvalue weighted by atomic mass is 9.94. The van der Waals surface area contributed by atoms with Gasteiger partial charge >= 0.3 is 11.9 Å². The summed E-state index contributed by atoms with van der Waals surface area (Å²) in [4.78, 5) is 25.3. The van der Waals surface area contributed by atoms with E-state index in [1.54, 1.807) is 36.4 Å². The predicted octanol–water partition coefficient (Wildman–Crippen LogP) is 6.44. The summed E-state index contributed by atoms with van der Waals surface area (Å²) >= 11 is 3.36. The average Bonchev–Trinajstić information content (AvgIpc) is 2.81. The third-order valence-electron chi connectivity index (χ3n) is 5.47. The van der Waals surface area contributed by atoms with Crippen LogP contribution in [0.4, 0.5) is 0 Å². The van der Waals surface area contributed by atoms with Crippen molar-refractivity contribution in [3.8, 4) is 11.1 Å². The number of carbonyl (C=O) groups excluding carboxylic acids is 2. The summed E-state index contributed by atoms with van der Waals surface area (Å²) in [5, 5.41) is 0. The van der Waals surface area contributed by atoms with Crippen molar-refractivity contribution >= 4 is 27.9 Å². The first-order valence-corrected chi connectivity index (χ1v) is 11.2. The van der Waals surface area contributed by atoms with Crippen molar-refractivity contribution in [1.29, 1.82) is 0 Å². The maximum atomic E-state index is 12.7. The molecule has 0 aromatic heterocycles. The first kappa shape index (κ1) is 21.3. The van der Waals surface area contributed by atoms with Crippen LogP contribution >= 0.6 is 15.9 Å². The van der Waals surface area contributed by atoms with Crippen molar-refractivity contribution < 1.29 is 19.1 Å². The van der Waals surface area contributed by atoms with E-state index in [4.69, 9.17) is 9.47 Å². The first-order chi connectivity index (χ1) is 15.1. The van der Waals surface area contributed by atoms with Gasteiger partial charge < -0.3 is 9.47 Å². The molecule has 1 aliphatic rings. The highest BCUT2D eigenvalue weighted by atomic mass is 79.9. The molecule has 3 aromatic rings. The van der Waals surface area contributed by atoms with Gasteiger partial charge in [0.15, 0.2) is 0 Å². The lowest BCUT2D eigenvalue weighted by Crippen LogP contribution is -2.37. The van der Waals surface area contributed by atoms with E-state index in [0.717, 1.165) is 28.4 Å². The van der Waals surface area contributed by atoms with Crippen LogP contribution in [0.1, 0.15) is 46.4 Å². The summed E-state index contributed by atoms with van der Waals surface area (Å²) in [5.74, 6) is -0.788. The van der Waals surface area contributed by atoms with Crippen LogP contribution < -0.4 is 0 Å². The highest BCUT2D eigenvalue weighted by Crippen LogP contribution is 2.27. The van der Waals surface area contributed by atoms with Crippen molar-refractivity contribution in [2.75, 3.05) is 0 Å². The lowest BCUT2D eigenvalue weighted by molar-refractivity contribution is -0.0514. The predicted molar refractivity (Wildman–Crippen MR) is 123 cm³/mol. The zero-order chi connectivity index (χ0) is 21.6. The highest BCUT2D eigenvalue weighted by Gasteiger charge is 2.32. The molecule has 3 aromatic carbocycles. The summed E-state index contributed by atoms with van der Waals surface area (Å²) in [6, 6.07) is 24.4. The molecule has 1 aliphatic carbocycles. The van der Waals surface area contributed by atoms with E-state index in [1.807, 2.05) is 42.5 Å². The maximum absolute atomic E-state index is 12.7. The molecular formula is C26H23BrO4. The lowest BCUT2D eigenvalue weighted by Gasteiger charge is -2.30. The molecule has 2 atom stereocenters. The Morgan fingerprint density at radius 2 is 1.10 bits per heavy atom. The van der Waals surface area contributed by atoms with Crippen LogP contribution in [0.15, 0.2) is 83.3 Å². The van der Waals surface area contributed by atoms with Crippen LogP contribution in [-0.4, -0.2) is 24.1 Å². The van der Waals surface area contributed by atoms with E-state index in [2.05, 4.69) is 15.9 Å². The molecule has 1 saturated carbocycles. The molecule has 0 heterocycles. The van der Waals surface area contributed by atoms with Gasteiger partial charge in [-0.05, 0) is 73.2 Å². The number of rotatable bonds is 5. The molecule has 0 unspecified atom stereocenters. The Kier molecular flexibility index (Phi) is 6.82. The quantitative estimate of drug-likeness (QED) is 0.395. The molecule has 0 radical (unpaired) electrons. The van der Waals surface area contributed by atoms with Crippen LogP contribution in [0, 0.1) is 0 Å². The summed E-state index contributed by atoms with van der Waals surface area (Å²) in [5.41, 5.74) is 3.10. The summed E-state index contributed by atoms with van der Waals surface area (Å²) < 4.78 is 12.4. The standard InChI is InChI=1S/C26H23BrO4/c27-22-16-14-21(15-17-22)26(29)31-24-9-5-4-8-23(24)30-25(28)20-12-10-19(11-13-20)18-6-2-1-3-7-18/h1-3,6-7,10-17,23-24H,4-5,8-9H2/t23-,24-/m0/s1. The van der Waals surface area contributed by atoms with Crippen LogP contribution in [0.3, 0.4) is 0 Å². The van der Waals surface area contributed by atoms with E-state index < -0.39 is 24.1 Å². The molecule has 5 heteroatoms. The number of benzene rings is 3. The minimum absolute atomic E-state index is 0.392. The van der Waals surface area contributed by atoms with E-state index in [9.17, 15) is 9.59 Å². The fraction of sp³-hybridized carbons (Fsp3) is 0.231. The summed E-state index contributed by atoms with van der Waals surface area (Å²) in [7, 11) is 0. The zero-order valence-corrected chi connectivity index (χ0v) is 18.6. The van der Waals surface area contributed by atoms with E-state index in [1.165, 1.54) is 0 Å². The normalized spacial score (nSPS) is 18.2. The zero-order valence-electron chi connectivity index (χ0n) is 17.0. The maximum Gasteiger partial charge on any atom is 0.338 e. The topological polar surface area (TPSA) is 52.6 Å². The van der Waals surface area contributed by atoms with Gasteiger partial charge in [-0.1, -0.05) is 58.4 Å². The molecular weight excluding hydrogens is 456 g/mol. The van der Waals surface area contributed by atoms with E-state index in [0.29, 0.717) is 24.0 Å².